The molecular weight excluding hydrogens is 232 g/mol. The molecule has 0 saturated carbocycles. The van der Waals surface area contributed by atoms with Gasteiger partial charge in [-0.15, -0.1) is 0 Å². The molecule has 5 nitrogen and oxygen atoms in total. The molecule has 18 heavy (non-hydrogen) atoms. The summed E-state index contributed by atoms with van der Waals surface area (Å²) in [5, 5.41) is 6.88. The van der Waals surface area contributed by atoms with E-state index in [0.29, 0.717) is 18.8 Å². The van der Waals surface area contributed by atoms with E-state index in [1.54, 1.807) is 14.2 Å². The second-order valence-corrected chi connectivity index (χ2v) is 4.92. The van der Waals surface area contributed by atoms with Crippen LogP contribution in [0, 0.1) is 0 Å². The van der Waals surface area contributed by atoms with Crippen LogP contribution in [0.2, 0.25) is 0 Å². The van der Waals surface area contributed by atoms with E-state index in [1.807, 2.05) is 0 Å². The van der Waals surface area contributed by atoms with Crippen LogP contribution in [0.5, 0.6) is 0 Å². The van der Waals surface area contributed by atoms with Crippen molar-refractivity contribution in [3.8, 4) is 0 Å². The fourth-order valence-corrected chi connectivity index (χ4v) is 2.07. The molecule has 108 valence electrons. The van der Waals surface area contributed by atoms with E-state index in [1.165, 1.54) is 12.8 Å². The summed E-state index contributed by atoms with van der Waals surface area (Å²) >= 11 is 0. The van der Waals surface area contributed by atoms with Gasteiger partial charge in [0.1, 0.15) is 0 Å². The van der Waals surface area contributed by atoms with Crippen molar-refractivity contribution in [2.45, 2.75) is 38.0 Å². The van der Waals surface area contributed by atoms with Crippen molar-refractivity contribution in [2.75, 3.05) is 47.1 Å². The van der Waals surface area contributed by atoms with E-state index in [0.717, 1.165) is 26.2 Å². The lowest BCUT2D eigenvalue weighted by Crippen LogP contribution is -2.43. The topological polar surface area (TPSA) is 51.8 Å². The summed E-state index contributed by atoms with van der Waals surface area (Å²) < 4.78 is 15.9. The summed E-state index contributed by atoms with van der Waals surface area (Å²) in [4.78, 5) is 0. The molecule has 1 heterocycles. The van der Waals surface area contributed by atoms with Crippen LogP contribution in [0.1, 0.15) is 19.8 Å². The Balaban J connectivity index is 2.00. The standard InChI is InChI=1S/C13H28N2O3/c1-11(15-9-13(17-3)10-16-2)7-14-8-12-5-4-6-18-12/h11-15H,4-10H2,1-3H3. The minimum Gasteiger partial charge on any atom is -0.382 e. The Morgan fingerprint density at radius 2 is 2.17 bits per heavy atom. The average molecular weight is 260 g/mol. The van der Waals surface area contributed by atoms with Gasteiger partial charge in [0, 0.05) is 46.5 Å². The van der Waals surface area contributed by atoms with Crippen LogP contribution in [0.25, 0.3) is 0 Å². The van der Waals surface area contributed by atoms with Gasteiger partial charge in [-0.1, -0.05) is 0 Å². The van der Waals surface area contributed by atoms with E-state index < -0.39 is 0 Å². The molecule has 0 spiro atoms. The minimum absolute atomic E-state index is 0.121. The van der Waals surface area contributed by atoms with Crippen LogP contribution >= 0.6 is 0 Å². The Labute approximate surface area is 111 Å². The van der Waals surface area contributed by atoms with Crippen LogP contribution in [0.15, 0.2) is 0 Å². The zero-order chi connectivity index (χ0) is 13.2. The molecule has 3 atom stereocenters. The predicted octanol–water partition coefficient (Wildman–Crippen LogP) is 0.395. The molecule has 0 bridgehead atoms. The van der Waals surface area contributed by atoms with Gasteiger partial charge < -0.3 is 24.8 Å². The van der Waals surface area contributed by atoms with Crippen LogP contribution < -0.4 is 10.6 Å². The van der Waals surface area contributed by atoms with Gasteiger partial charge in [-0.3, -0.25) is 0 Å². The highest BCUT2D eigenvalue weighted by molar-refractivity contribution is 4.72. The maximum atomic E-state index is 5.56. The summed E-state index contributed by atoms with van der Waals surface area (Å²) in [6.45, 7) is 6.43. The van der Waals surface area contributed by atoms with Gasteiger partial charge in [0.05, 0.1) is 18.8 Å². The summed E-state index contributed by atoms with van der Waals surface area (Å²) in [6.07, 6.45) is 2.93. The van der Waals surface area contributed by atoms with E-state index in [-0.39, 0.29) is 6.10 Å². The highest BCUT2D eigenvalue weighted by Gasteiger charge is 2.15. The van der Waals surface area contributed by atoms with Crippen LogP contribution in [-0.4, -0.2) is 65.3 Å². The lowest BCUT2D eigenvalue weighted by molar-refractivity contribution is 0.0276. The number of hydrogen-bond acceptors (Lipinski definition) is 5. The maximum absolute atomic E-state index is 5.56. The summed E-state index contributed by atoms with van der Waals surface area (Å²) in [5.41, 5.74) is 0. The zero-order valence-corrected chi connectivity index (χ0v) is 11.9. The summed E-state index contributed by atoms with van der Waals surface area (Å²) in [6, 6.07) is 0.418. The molecular formula is C13H28N2O3. The number of rotatable bonds is 10. The van der Waals surface area contributed by atoms with Gasteiger partial charge >= 0.3 is 0 Å². The summed E-state index contributed by atoms with van der Waals surface area (Å²) in [7, 11) is 3.41. The molecule has 0 aromatic rings. The third-order valence-electron chi connectivity index (χ3n) is 3.23. The Kier molecular flexibility index (Phi) is 8.54. The second-order valence-electron chi connectivity index (χ2n) is 4.92. The van der Waals surface area contributed by atoms with Crippen molar-refractivity contribution in [2.24, 2.45) is 0 Å². The van der Waals surface area contributed by atoms with E-state index in [9.17, 15) is 0 Å². The third kappa shape index (κ3) is 6.66. The van der Waals surface area contributed by atoms with Gasteiger partial charge in [0.25, 0.3) is 0 Å². The van der Waals surface area contributed by atoms with Gasteiger partial charge in [0.2, 0.25) is 0 Å². The number of methoxy groups -OCH3 is 2. The molecule has 1 fully saturated rings. The average Bonchev–Trinajstić information content (AvgIpc) is 2.87. The molecule has 3 unspecified atom stereocenters. The van der Waals surface area contributed by atoms with Crippen molar-refractivity contribution in [1.29, 1.82) is 0 Å². The molecule has 1 saturated heterocycles. The Bertz CT molecular complexity index is 199. The first-order valence-electron chi connectivity index (χ1n) is 6.83. The van der Waals surface area contributed by atoms with Gasteiger partial charge in [-0.25, -0.2) is 0 Å². The van der Waals surface area contributed by atoms with Gasteiger partial charge in [-0.05, 0) is 19.8 Å². The lowest BCUT2D eigenvalue weighted by Gasteiger charge is -2.20. The smallest absolute Gasteiger partial charge is 0.0928 e. The van der Waals surface area contributed by atoms with Crippen molar-refractivity contribution in [3.63, 3.8) is 0 Å². The van der Waals surface area contributed by atoms with E-state index in [4.69, 9.17) is 14.2 Å². The molecule has 0 amide bonds. The molecule has 2 N–H and O–H groups in total. The number of hydrogen-bond donors (Lipinski definition) is 2. The SMILES string of the molecule is COCC(CNC(C)CNCC1CCCO1)OC. The first-order valence-corrected chi connectivity index (χ1v) is 6.83. The van der Waals surface area contributed by atoms with Gasteiger partial charge in [0.15, 0.2) is 0 Å². The number of nitrogens with one attached hydrogen (secondary N) is 2. The fourth-order valence-electron chi connectivity index (χ4n) is 2.07. The van der Waals surface area contributed by atoms with Gasteiger partial charge in [-0.2, -0.15) is 0 Å². The highest BCUT2D eigenvalue weighted by atomic mass is 16.5. The van der Waals surface area contributed by atoms with Crippen LogP contribution in [0.3, 0.4) is 0 Å². The first-order chi connectivity index (χ1) is 8.76. The predicted molar refractivity (Wildman–Crippen MR) is 72.0 cm³/mol. The van der Waals surface area contributed by atoms with Crippen LogP contribution in [0.4, 0.5) is 0 Å². The van der Waals surface area contributed by atoms with Crippen LogP contribution in [-0.2, 0) is 14.2 Å². The Hall–Kier alpha value is -0.200. The Morgan fingerprint density at radius 3 is 2.78 bits per heavy atom. The molecule has 0 aliphatic carbocycles. The van der Waals surface area contributed by atoms with Crippen molar-refractivity contribution < 1.29 is 14.2 Å². The molecule has 5 heteroatoms. The highest BCUT2D eigenvalue weighted by Crippen LogP contribution is 2.10. The second kappa shape index (κ2) is 9.69. The Morgan fingerprint density at radius 1 is 1.33 bits per heavy atom. The quantitative estimate of drug-likeness (QED) is 0.595. The van der Waals surface area contributed by atoms with E-state index in [2.05, 4.69) is 17.6 Å². The van der Waals surface area contributed by atoms with E-state index >= 15 is 0 Å². The lowest BCUT2D eigenvalue weighted by atomic mass is 10.2. The minimum atomic E-state index is 0.121. The first kappa shape index (κ1) is 15.9. The zero-order valence-electron chi connectivity index (χ0n) is 11.9. The normalized spacial score (nSPS) is 23.2. The molecule has 0 radical (unpaired) electrons. The monoisotopic (exact) mass is 260 g/mol. The molecule has 1 rings (SSSR count). The largest absolute Gasteiger partial charge is 0.382 e. The maximum Gasteiger partial charge on any atom is 0.0928 e. The molecule has 1 aliphatic rings. The molecule has 0 aromatic carbocycles. The summed E-state index contributed by atoms with van der Waals surface area (Å²) in [5.74, 6) is 0. The molecule has 0 aromatic heterocycles. The van der Waals surface area contributed by atoms with Crippen molar-refractivity contribution in [1.82, 2.24) is 10.6 Å². The fraction of sp³-hybridized carbons (Fsp3) is 1.00. The van der Waals surface area contributed by atoms with Crippen molar-refractivity contribution >= 4 is 0 Å². The third-order valence-corrected chi connectivity index (χ3v) is 3.23. The molecule has 1 aliphatic heterocycles. The van der Waals surface area contributed by atoms with Crippen molar-refractivity contribution in [3.05, 3.63) is 0 Å². The number of ether oxygens (including phenoxy) is 3.